The third-order valence-corrected chi connectivity index (χ3v) is 3.20. The number of azo groups is 1. The van der Waals surface area contributed by atoms with Gasteiger partial charge >= 0.3 is 5.97 Å². The van der Waals surface area contributed by atoms with E-state index in [1.165, 1.54) is 19.2 Å². The molecule has 0 radical (unpaired) electrons. The molecule has 0 fully saturated rings. The Morgan fingerprint density at radius 2 is 1.60 bits per heavy atom. The van der Waals surface area contributed by atoms with Gasteiger partial charge in [0.25, 0.3) is 5.78 Å². The molecular formula is C18H16N2O5. The highest BCUT2D eigenvalue weighted by molar-refractivity contribution is 6.41. The summed E-state index contributed by atoms with van der Waals surface area (Å²) >= 11 is 0. The summed E-state index contributed by atoms with van der Waals surface area (Å²) in [4.78, 5) is 23.7. The van der Waals surface area contributed by atoms with Crippen LogP contribution in [0.1, 0.15) is 5.56 Å². The van der Waals surface area contributed by atoms with E-state index in [-0.39, 0.29) is 5.56 Å². The number of carbonyl (C=O) groups excluding carboxylic acids is 2. The summed E-state index contributed by atoms with van der Waals surface area (Å²) in [6.45, 7) is 0. The Bertz CT molecular complexity index is 811. The Kier molecular flexibility index (Phi) is 6.00. The molecule has 0 saturated carbocycles. The molecule has 0 aromatic heterocycles. The van der Waals surface area contributed by atoms with E-state index in [0.717, 1.165) is 7.11 Å². The first-order valence-corrected chi connectivity index (χ1v) is 7.24. The minimum Gasteiger partial charge on any atom is -0.505 e. The van der Waals surface area contributed by atoms with Crippen molar-refractivity contribution in [2.24, 2.45) is 10.2 Å². The van der Waals surface area contributed by atoms with E-state index in [4.69, 9.17) is 4.74 Å². The van der Waals surface area contributed by atoms with Gasteiger partial charge in [0.05, 0.1) is 19.9 Å². The van der Waals surface area contributed by atoms with Gasteiger partial charge in [-0.25, -0.2) is 4.79 Å². The smallest absolute Gasteiger partial charge is 0.381 e. The van der Waals surface area contributed by atoms with Crippen LogP contribution in [0.4, 0.5) is 5.69 Å². The lowest BCUT2D eigenvalue weighted by atomic mass is 10.1. The van der Waals surface area contributed by atoms with Gasteiger partial charge in [0.1, 0.15) is 5.75 Å². The van der Waals surface area contributed by atoms with E-state index in [2.05, 4.69) is 15.0 Å². The van der Waals surface area contributed by atoms with Crippen LogP contribution in [0.3, 0.4) is 0 Å². The quantitative estimate of drug-likeness (QED) is 0.285. The molecule has 7 heteroatoms. The first-order chi connectivity index (χ1) is 12.1. The normalized spacial score (nSPS) is 11.8. The van der Waals surface area contributed by atoms with E-state index < -0.39 is 23.2 Å². The van der Waals surface area contributed by atoms with Crippen LogP contribution in [0, 0.1) is 0 Å². The zero-order valence-electron chi connectivity index (χ0n) is 13.7. The summed E-state index contributed by atoms with van der Waals surface area (Å²) in [5.74, 6) is -2.17. The Labute approximate surface area is 144 Å². The van der Waals surface area contributed by atoms with Crippen molar-refractivity contribution in [1.82, 2.24) is 0 Å². The van der Waals surface area contributed by atoms with Crippen molar-refractivity contribution < 1.29 is 24.2 Å². The SMILES string of the molecule is COC(=O)C(=O)C(N=Nc1ccccc1)=C(O)c1ccc(OC)cc1. The van der Waals surface area contributed by atoms with Gasteiger partial charge in [-0.05, 0) is 36.4 Å². The Hall–Kier alpha value is -3.48. The highest BCUT2D eigenvalue weighted by atomic mass is 16.5. The van der Waals surface area contributed by atoms with Crippen LogP contribution in [0.25, 0.3) is 5.76 Å². The minimum absolute atomic E-state index is 0.278. The van der Waals surface area contributed by atoms with Crippen LogP contribution in [0.5, 0.6) is 5.75 Å². The lowest BCUT2D eigenvalue weighted by Gasteiger charge is -2.06. The number of nitrogens with zero attached hydrogens (tertiary/aromatic N) is 2. The maximum atomic E-state index is 12.2. The number of ether oxygens (including phenoxy) is 2. The molecule has 0 unspecified atom stereocenters. The molecule has 2 aromatic carbocycles. The summed E-state index contributed by atoms with van der Waals surface area (Å²) < 4.78 is 9.45. The van der Waals surface area contributed by atoms with Crippen LogP contribution >= 0.6 is 0 Å². The minimum atomic E-state index is -1.15. The van der Waals surface area contributed by atoms with E-state index in [9.17, 15) is 14.7 Å². The molecule has 0 amide bonds. The predicted octanol–water partition coefficient (Wildman–Crippen LogP) is 3.45. The first kappa shape index (κ1) is 17.9. The van der Waals surface area contributed by atoms with E-state index in [1.54, 1.807) is 42.5 Å². The number of hydrogen-bond acceptors (Lipinski definition) is 7. The first-order valence-electron chi connectivity index (χ1n) is 7.24. The number of methoxy groups -OCH3 is 2. The number of rotatable bonds is 6. The van der Waals surface area contributed by atoms with Gasteiger partial charge in [0.2, 0.25) is 0 Å². The van der Waals surface area contributed by atoms with Crippen LogP contribution in [0.15, 0.2) is 70.5 Å². The largest absolute Gasteiger partial charge is 0.505 e. The topological polar surface area (TPSA) is 97.6 Å². The molecule has 2 rings (SSSR count). The van der Waals surface area contributed by atoms with E-state index in [0.29, 0.717) is 11.4 Å². The zero-order chi connectivity index (χ0) is 18.2. The number of Topliss-reactive ketones (excluding diaryl/α,β-unsaturated/α-hetero) is 1. The third kappa shape index (κ3) is 4.51. The molecule has 0 heterocycles. The molecule has 0 aliphatic heterocycles. The van der Waals surface area contributed by atoms with Gasteiger partial charge in [0, 0.05) is 5.56 Å². The molecule has 7 nitrogen and oxygen atoms in total. The molecule has 1 N–H and O–H groups in total. The van der Waals surface area contributed by atoms with Crippen molar-refractivity contribution in [3.05, 3.63) is 65.9 Å². The molecule has 0 aliphatic rings. The molecule has 128 valence electrons. The lowest BCUT2D eigenvalue weighted by Crippen LogP contribution is -2.18. The monoisotopic (exact) mass is 340 g/mol. The molecule has 25 heavy (non-hydrogen) atoms. The summed E-state index contributed by atoms with van der Waals surface area (Å²) in [6, 6.07) is 14.8. The highest BCUT2D eigenvalue weighted by Crippen LogP contribution is 2.23. The maximum Gasteiger partial charge on any atom is 0.381 e. The molecule has 0 saturated heterocycles. The van der Waals surface area contributed by atoms with Crippen molar-refractivity contribution in [2.75, 3.05) is 14.2 Å². The van der Waals surface area contributed by atoms with Crippen LogP contribution < -0.4 is 4.74 Å². The van der Waals surface area contributed by atoms with Gasteiger partial charge in [-0.15, -0.1) is 5.11 Å². The number of esters is 1. The number of benzene rings is 2. The highest BCUT2D eigenvalue weighted by Gasteiger charge is 2.24. The fraction of sp³-hybridized carbons (Fsp3) is 0.111. The average molecular weight is 340 g/mol. The Morgan fingerprint density at radius 3 is 2.16 bits per heavy atom. The average Bonchev–Trinajstić information content (AvgIpc) is 2.68. The predicted molar refractivity (Wildman–Crippen MR) is 90.5 cm³/mol. The fourth-order valence-electron chi connectivity index (χ4n) is 1.88. The summed E-state index contributed by atoms with van der Waals surface area (Å²) in [5, 5.41) is 18.0. The van der Waals surface area contributed by atoms with Gasteiger partial charge in [0.15, 0.2) is 11.5 Å². The van der Waals surface area contributed by atoms with Crippen LogP contribution in [-0.2, 0) is 14.3 Å². The fourth-order valence-corrected chi connectivity index (χ4v) is 1.88. The van der Waals surface area contributed by atoms with E-state index >= 15 is 0 Å². The van der Waals surface area contributed by atoms with Gasteiger partial charge in [-0.3, -0.25) is 4.79 Å². The van der Waals surface area contributed by atoms with Crippen LogP contribution in [0.2, 0.25) is 0 Å². The summed E-state index contributed by atoms with van der Waals surface area (Å²) in [6.07, 6.45) is 0. The second kappa shape index (κ2) is 8.39. The van der Waals surface area contributed by atoms with Crippen molar-refractivity contribution in [1.29, 1.82) is 0 Å². The van der Waals surface area contributed by atoms with Gasteiger partial charge < -0.3 is 14.6 Å². The Balaban J connectivity index is 2.46. The van der Waals surface area contributed by atoms with Gasteiger partial charge in [-0.2, -0.15) is 5.11 Å². The molecule has 0 bridgehead atoms. The maximum absolute atomic E-state index is 12.2. The zero-order valence-corrected chi connectivity index (χ0v) is 13.7. The van der Waals surface area contributed by atoms with Crippen molar-refractivity contribution >= 4 is 23.2 Å². The number of ketones is 1. The van der Waals surface area contributed by atoms with E-state index in [1.807, 2.05) is 0 Å². The summed E-state index contributed by atoms with van der Waals surface area (Å²) in [5.41, 5.74) is 0.223. The number of carbonyl (C=O) groups is 2. The number of hydrogen-bond donors (Lipinski definition) is 1. The molecule has 0 aliphatic carbocycles. The van der Waals surface area contributed by atoms with Crippen LogP contribution in [-0.4, -0.2) is 31.1 Å². The molecule has 0 spiro atoms. The van der Waals surface area contributed by atoms with Crippen molar-refractivity contribution in [3.8, 4) is 5.75 Å². The van der Waals surface area contributed by atoms with Gasteiger partial charge in [-0.1, -0.05) is 18.2 Å². The van der Waals surface area contributed by atoms with Crippen molar-refractivity contribution in [2.45, 2.75) is 0 Å². The number of aliphatic hydroxyl groups excluding tert-OH is 1. The number of aliphatic hydroxyl groups is 1. The molecule has 0 atom stereocenters. The molecular weight excluding hydrogens is 324 g/mol. The second-order valence-electron chi connectivity index (χ2n) is 4.78. The Morgan fingerprint density at radius 1 is 0.960 bits per heavy atom. The third-order valence-electron chi connectivity index (χ3n) is 3.20. The lowest BCUT2D eigenvalue weighted by molar-refractivity contribution is -0.149. The second-order valence-corrected chi connectivity index (χ2v) is 4.78. The standard InChI is InChI=1S/C18H16N2O5/c1-24-14-10-8-12(9-11-14)16(21)15(17(22)18(23)25-2)20-19-13-6-4-3-5-7-13/h3-11,21H,1-2H3. The van der Waals surface area contributed by atoms with Crippen molar-refractivity contribution in [3.63, 3.8) is 0 Å². The molecule has 2 aromatic rings. The summed E-state index contributed by atoms with van der Waals surface area (Å²) in [7, 11) is 2.57.